The highest BCUT2D eigenvalue weighted by atomic mass is 79.9. The minimum absolute atomic E-state index is 0.237. The van der Waals surface area contributed by atoms with Crippen LogP contribution in [0.4, 0.5) is 10.1 Å². The Hall–Kier alpha value is -0.870. The molecule has 0 spiro atoms. The molecular formula is C13H10Br2FN. The standard InChI is InChI=1S/C13H10Br2FN/c14-10-4-2-5-11(7-10)17-8-9-3-1-6-12(16)13(9)15/h1-7,17H,8H2. The second kappa shape index (κ2) is 5.65. The topological polar surface area (TPSA) is 12.0 Å². The minimum Gasteiger partial charge on any atom is -0.381 e. The lowest BCUT2D eigenvalue weighted by Crippen LogP contribution is -2.00. The summed E-state index contributed by atoms with van der Waals surface area (Å²) in [6.45, 7) is 0.578. The van der Waals surface area contributed by atoms with Gasteiger partial charge in [-0.1, -0.05) is 34.1 Å². The van der Waals surface area contributed by atoms with Crippen LogP contribution in [0, 0.1) is 5.82 Å². The van der Waals surface area contributed by atoms with Crippen LogP contribution in [-0.2, 0) is 6.54 Å². The van der Waals surface area contributed by atoms with Crippen LogP contribution in [0.25, 0.3) is 0 Å². The molecule has 0 atom stereocenters. The van der Waals surface area contributed by atoms with E-state index in [-0.39, 0.29) is 5.82 Å². The lowest BCUT2D eigenvalue weighted by molar-refractivity contribution is 0.618. The van der Waals surface area contributed by atoms with Gasteiger partial charge in [0.2, 0.25) is 0 Å². The van der Waals surface area contributed by atoms with Crippen molar-refractivity contribution in [2.75, 3.05) is 5.32 Å². The van der Waals surface area contributed by atoms with E-state index in [9.17, 15) is 4.39 Å². The van der Waals surface area contributed by atoms with E-state index >= 15 is 0 Å². The van der Waals surface area contributed by atoms with Crippen LogP contribution in [-0.4, -0.2) is 0 Å². The van der Waals surface area contributed by atoms with Gasteiger partial charge in [-0.05, 0) is 45.8 Å². The van der Waals surface area contributed by atoms with E-state index in [1.807, 2.05) is 30.3 Å². The molecule has 0 bridgehead atoms. The molecule has 0 unspecified atom stereocenters. The Bertz CT molecular complexity index is 529. The molecule has 1 N–H and O–H groups in total. The Kier molecular flexibility index (Phi) is 4.18. The molecule has 0 saturated carbocycles. The molecular weight excluding hydrogens is 349 g/mol. The van der Waals surface area contributed by atoms with Gasteiger partial charge in [0.1, 0.15) is 5.82 Å². The Morgan fingerprint density at radius 3 is 2.59 bits per heavy atom. The van der Waals surface area contributed by atoms with E-state index in [0.29, 0.717) is 11.0 Å². The number of halogens is 3. The number of nitrogens with one attached hydrogen (secondary N) is 1. The Balaban J connectivity index is 2.10. The van der Waals surface area contributed by atoms with Crippen molar-refractivity contribution < 1.29 is 4.39 Å². The van der Waals surface area contributed by atoms with Crippen molar-refractivity contribution >= 4 is 37.5 Å². The number of anilines is 1. The number of rotatable bonds is 3. The maximum atomic E-state index is 13.3. The monoisotopic (exact) mass is 357 g/mol. The van der Waals surface area contributed by atoms with Crippen LogP contribution >= 0.6 is 31.9 Å². The summed E-state index contributed by atoms with van der Waals surface area (Å²) in [5.74, 6) is -0.237. The van der Waals surface area contributed by atoms with Crippen LogP contribution in [0.3, 0.4) is 0 Å². The average Bonchev–Trinajstić information content (AvgIpc) is 2.31. The van der Waals surface area contributed by atoms with Gasteiger partial charge in [0, 0.05) is 16.7 Å². The summed E-state index contributed by atoms with van der Waals surface area (Å²) < 4.78 is 14.8. The summed E-state index contributed by atoms with van der Waals surface area (Å²) >= 11 is 6.65. The fourth-order valence-corrected chi connectivity index (χ4v) is 2.28. The molecule has 0 radical (unpaired) electrons. The molecule has 0 saturated heterocycles. The molecule has 2 rings (SSSR count). The highest BCUT2D eigenvalue weighted by Gasteiger charge is 2.04. The zero-order valence-corrected chi connectivity index (χ0v) is 12.1. The van der Waals surface area contributed by atoms with E-state index in [4.69, 9.17) is 0 Å². The zero-order valence-electron chi connectivity index (χ0n) is 8.88. The molecule has 0 amide bonds. The predicted octanol–water partition coefficient (Wildman–Crippen LogP) is 4.96. The highest BCUT2D eigenvalue weighted by molar-refractivity contribution is 9.10. The Morgan fingerprint density at radius 2 is 1.82 bits per heavy atom. The predicted molar refractivity (Wildman–Crippen MR) is 75.6 cm³/mol. The SMILES string of the molecule is Fc1cccc(CNc2cccc(Br)c2)c1Br. The molecule has 0 aliphatic carbocycles. The second-order valence-electron chi connectivity index (χ2n) is 3.58. The van der Waals surface area contributed by atoms with Crippen LogP contribution < -0.4 is 5.32 Å². The van der Waals surface area contributed by atoms with Gasteiger partial charge in [0.05, 0.1) is 4.47 Å². The number of benzene rings is 2. The minimum atomic E-state index is -0.237. The first-order chi connectivity index (χ1) is 8.16. The lowest BCUT2D eigenvalue weighted by Gasteiger charge is -2.09. The van der Waals surface area contributed by atoms with Gasteiger partial charge in [-0.15, -0.1) is 0 Å². The van der Waals surface area contributed by atoms with Crippen LogP contribution in [0.1, 0.15) is 5.56 Å². The van der Waals surface area contributed by atoms with Crippen molar-refractivity contribution in [3.63, 3.8) is 0 Å². The van der Waals surface area contributed by atoms with Gasteiger partial charge in [-0.3, -0.25) is 0 Å². The summed E-state index contributed by atoms with van der Waals surface area (Å²) in [4.78, 5) is 0. The third-order valence-electron chi connectivity index (χ3n) is 2.34. The molecule has 88 valence electrons. The summed E-state index contributed by atoms with van der Waals surface area (Å²) in [5.41, 5.74) is 1.89. The first-order valence-electron chi connectivity index (χ1n) is 5.09. The molecule has 0 heterocycles. The van der Waals surface area contributed by atoms with Crippen LogP contribution in [0.2, 0.25) is 0 Å². The number of hydrogen-bond donors (Lipinski definition) is 1. The fraction of sp³-hybridized carbons (Fsp3) is 0.0769. The summed E-state index contributed by atoms with van der Waals surface area (Å²) in [5, 5.41) is 3.24. The molecule has 1 nitrogen and oxygen atoms in total. The first kappa shape index (κ1) is 12.6. The van der Waals surface area contributed by atoms with Crippen molar-refractivity contribution in [1.29, 1.82) is 0 Å². The molecule has 17 heavy (non-hydrogen) atoms. The van der Waals surface area contributed by atoms with E-state index < -0.39 is 0 Å². The second-order valence-corrected chi connectivity index (χ2v) is 5.29. The molecule has 2 aromatic carbocycles. The Labute approximate surface area is 116 Å². The van der Waals surface area contributed by atoms with Gasteiger partial charge in [-0.2, -0.15) is 0 Å². The van der Waals surface area contributed by atoms with Gasteiger partial charge >= 0.3 is 0 Å². The molecule has 0 aliphatic rings. The van der Waals surface area contributed by atoms with Gasteiger partial charge in [-0.25, -0.2) is 4.39 Å². The molecule has 4 heteroatoms. The van der Waals surface area contributed by atoms with E-state index in [2.05, 4.69) is 37.2 Å². The van der Waals surface area contributed by atoms with Crippen LogP contribution in [0.15, 0.2) is 51.4 Å². The highest BCUT2D eigenvalue weighted by Crippen LogP contribution is 2.22. The van der Waals surface area contributed by atoms with Crippen molar-refractivity contribution in [2.24, 2.45) is 0 Å². The van der Waals surface area contributed by atoms with E-state index in [1.165, 1.54) is 6.07 Å². The first-order valence-corrected chi connectivity index (χ1v) is 6.68. The van der Waals surface area contributed by atoms with E-state index in [1.54, 1.807) is 6.07 Å². The maximum Gasteiger partial charge on any atom is 0.137 e. The average molecular weight is 359 g/mol. The third-order valence-corrected chi connectivity index (χ3v) is 3.72. The van der Waals surface area contributed by atoms with Crippen molar-refractivity contribution in [2.45, 2.75) is 6.54 Å². The normalized spacial score (nSPS) is 10.3. The van der Waals surface area contributed by atoms with Crippen LogP contribution in [0.5, 0.6) is 0 Å². The molecule has 2 aromatic rings. The lowest BCUT2D eigenvalue weighted by atomic mass is 10.2. The largest absolute Gasteiger partial charge is 0.381 e. The van der Waals surface area contributed by atoms with Crippen molar-refractivity contribution in [3.8, 4) is 0 Å². The van der Waals surface area contributed by atoms with Gasteiger partial charge < -0.3 is 5.32 Å². The van der Waals surface area contributed by atoms with E-state index in [0.717, 1.165) is 15.7 Å². The fourth-order valence-electron chi connectivity index (χ4n) is 1.48. The van der Waals surface area contributed by atoms with Crippen molar-refractivity contribution in [1.82, 2.24) is 0 Å². The summed E-state index contributed by atoms with van der Waals surface area (Å²) in [6.07, 6.45) is 0. The molecule has 0 aliphatic heterocycles. The number of hydrogen-bond acceptors (Lipinski definition) is 1. The van der Waals surface area contributed by atoms with Gasteiger partial charge in [0.15, 0.2) is 0 Å². The quantitative estimate of drug-likeness (QED) is 0.817. The molecule has 0 fully saturated rings. The maximum absolute atomic E-state index is 13.3. The summed E-state index contributed by atoms with van der Waals surface area (Å²) in [6, 6.07) is 12.9. The van der Waals surface area contributed by atoms with Crippen molar-refractivity contribution in [3.05, 3.63) is 62.8 Å². The zero-order chi connectivity index (χ0) is 12.3. The van der Waals surface area contributed by atoms with Gasteiger partial charge in [0.25, 0.3) is 0 Å². The smallest absolute Gasteiger partial charge is 0.137 e. The molecule has 0 aromatic heterocycles. The summed E-state index contributed by atoms with van der Waals surface area (Å²) in [7, 11) is 0. The third kappa shape index (κ3) is 3.30. The Morgan fingerprint density at radius 1 is 1.06 bits per heavy atom.